The predicted octanol–water partition coefficient (Wildman–Crippen LogP) is 0.277. The standard InChI is InChI=1S/C7H12N2O4/c1-13-6-4-2-3-5-7(10)8-9(11)12/h2-3H,4-6H2,1H3,(H,8,10). The number of nitro groups is 1. The SMILES string of the molecule is COCCC=CCC(=O)N[N+](=O)[O-]. The first-order valence-electron chi connectivity index (χ1n) is 3.74. The Labute approximate surface area is 75.7 Å². The van der Waals surface area contributed by atoms with E-state index in [1.807, 2.05) is 0 Å². The number of carbonyl (C=O) groups is 1. The Hall–Kier alpha value is -1.43. The van der Waals surface area contributed by atoms with E-state index in [-0.39, 0.29) is 6.42 Å². The average molecular weight is 188 g/mol. The highest BCUT2D eigenvalue weighted by Crippen LogP contribution is 1.87. The molecule has 0 aliphatic carbocycles. The van der Waals surface area contributed by atoms with E-state index in [2.05, 4.69) is 0 Å². The molecule has 0 aromatic heterocycles. The largest absolute Gasteiger partial charge is 0.384 e. The molecule has 0 fully saturated rings. The summed E-state index contributed by atoms with van der Waals surface area (Å²) in [6, 6.07) is 0. The number of nitrogens with one attached hydrogen (secondary N) is 1. The average Bonchev–Trinajstić information content (AvgIpc) is 2.02. The molecule has 0 aromatic rings. The van der Waals surface area contributed by atoms with Crippen LogP contribution in [0, 0.1) is 10.1 Å². The summed E-state index contributed by atoms with van der Waals surface area (Å²) in [7, 11) is 1.58. The van der Waals surface area contributed by atoms with E-state index in [0.717, 1.165) is 0 Å². The highest BCUT2D eigenvalue weighted by molar-refractivity contribution is 5.76. The van der Waals surface area contributed by atoms with Crippen molar-refractivity contribution in [2.75, 3.05) is 13.7 Å². The zero-order valence-corrected chi connectivity index (χ0v) is 7.36. The Balaban J connectivity index is 3.46. The number of ether oxygens (including phenoxy) is 1. The van der Waals surface area contributed by atoms with Gasteiger partial charge in [0.15, 0.2) is 5.03 Å². The molecule has 0 aromatic carbocycles. The van der Waals surface area contributed by atoms with Crippen LogP contribution in [0.2, 0.25) is 0 Å². The maximum atomic E-state index is 10.7. The van der Waals surface area contributed by atoms with Crippen molar-refractivity contribution >= 4 is 5.91 Å². The van der Waals surface area contributed by atoms with E-state index in [9.17, 15) is 14.9 Å². The van der Waals surface area contributed by atoms with Gasteiger partial charge in [0.2, 0.25) is 0 Å². The number of rotatable bonds is 6. The van der Waals surface area contributed by atoms with Gasteiger partial charge in [-0.1, -0.05) is 17.6 Å². The maximum absolute atomic E-state index is 10.7. The predicted molar refractivity (Wildman–Crippen MR) is 45.4 cm³/mol. The van der Waals surface area contributed by atoms with Gasteiger partial charge in [-0.2, -0.15) is 0 Å². The summed E-state index contributed by atoms with van der Waals surface area (Å²) >= 11 is 0. The molecule has 0 aliphatic heterocycles. The van der Waals surface area contributed by atoms with Crippen LogP contribution in [0.5, 0.6) is 0 Å². The number of nitrogens with zero attached hydrogens (tertiary/aromatic N) is 1. The smallest absolute Gasteiger partial charge is 0.284 e. The Morgan fingerprint density at radius 1 is 1.62 bits per heavy atom. The summed E-state index contributed by atoms with van der Waals surface area (Å²) in [4.78, 5) is 20.4. The van der Waals surface area contributed by atoms with Crippen molar-refractivity contribution in [2.45, 2.75) is 12.8 Å². The van der Waals surface area contributed by atoms with Gasteiger partial charge in [-0.25, -0.2) is 10.1 Å². The highest BCUT2D eigenvalue weighted by atomic mass is 16.7. The van der Waals surface area contributed by atoms with Crippen LogP contribution >= 0.6 is 0 Å². The number of hydrogen-bond acceptors (Lipinski definition) is 4. The van der Waals surface area contributed by atoms with Crippen molar-refractivity contribution < 1.29 is 14.6 Å². The third-order valence-electron chi connectivity index (χ3n) is 1.17. The summed E-state index contributed by atoms with van der Waals surface area (Å²) in [6.45, 7) is 0.577. The molecule has 0 spiro atoms. The quantitative estimate of drug-likeness (QED) is 0.281. The number of carbonyl (C=O) groups excluding carboxylic acids is 1. The molecule has 0 aliphatic rings. The van der Waals surface area contributed by atoms with Crippen LogP contribution in [0.1, 0.15) is 12.8 Å². The van der Waals surface area contributed by atoms with Gasteiger partial charge in [-0.05, 0) is 6.42 Å². The van der Waals surface area contributed by atoms with Crippen LogP contribution in [0.25, 0.3) is 0 Å². The van der Waals surface area contributed by atoms with Gasteiger partial charge in [-0.3, -0.25) is 4.79 Å². The minimum Gasteiger partial charge on any atom is -0.384 e. The second kappa shape index (κ2) is 7.23. The molecule has 0 saturated heterocycles. The van der Waals surface area contributed by atoms with E-state index < -0.39 is 10.9 Å². The number of amides is 1. The maximum Gasteiger partial charge on any atom is 0.284 e. The van der Waals surface area contributed by atoms with Crippen molar-refractivity contribution in [1.82, 2.24) is 5.43 Å². The number of methoxy groups -OCH3 is 1. The topological polar surface area (TPSA) is 81.5 Å². The molecule has 0 bridgehead atoms. The van der Waals surface area contributed by atoms with Crippen molar-refractivity contribution in [2.24, 2.45) is 0 Å². The summed E-state index contributed by atoms with van der Waals surface area (Å²) < 4.78 is 4.75. The van der Waals surface area contributed by atoms with E-state index >= 15 is 0 Å². The number of hydrazine groups is 1. The third-order valence-corrected chi connectivity index (χ3v) is 1.17. The molecule has 1 N–H and O–H groups in total. The molecule has 6 heteroatoms. The van der Waals surface area contributed by atoms with Crippen molar-refractivity contribution in [3.8, 4) is 0 Å². The van der Waals surface area contributed by atoms with Crippen molar-refractivity contribution in [1.29, 1.82) is 0 Å². The fraction of sp³-hybridized carbons (Fsp3) is 0.571. The van der Waals surface area contributed by atoms with Crippen molar-refractivity contribution in [3.05, 3.63) is 22.3 Å². The Bertz CT molecular complexity index is 203. The first kappa shape index (κ1) is 11.6. The van der Waals surface area contributed by atoms with Gasteiger partial charge in [-0.15, -0.1) is 0 Å². The van der Waals surface area contributed by atoms with Gasteiger partial charge in [0, 0.05) is 13.7 Å². The van der Waals surface area contributed by atoms with Crippen LogP contribution in [0.4, 0.5) is 0 Å². The Morgan fingerprint density at radius 3 is 2.85 bits per heavy atom. The van der Waals surface area contributed by atoms with E-state index in [1.54, 1.807) is 19.3 Å². The molecular weight excluding hydrogens is 176 g/mol. The summed E-state index contributed by atoms with van der Waals surface area (Å²) in [5, 5.41) is 8.90. The molecule has 0 saturated carbocycles. The molecule has 6 nitrogen and oxygen atoms in total. The monoisotopic (exact) mass is 188 g/mol. The molecule has 1 amide bonds. The first-order valence-corrected chi connectivity index (χ1v) is 3.74. The van der Waals surface area contributed by atoms with Gasteiger partial charge in [0.05, 0.1) is 6.42 Å². The first-order chi connectivity index (χ1) is 6.16. The van der Waals surface area contributed by atoms with Crippen LogP contribution in [-0.4, -0.2) is 24.7 Å². The lowest BCUT2D eigenvalue weighted by Gasteiger charge is -1.92. The van der Waals surface area contributed by atoms with Crippen LogP contribution < -0.4 is 5.43 Å². The molecular formula is C7H12N2O4. The number of hydrogen-bond donors (Lipinski definition) is 1. The molecule has 0 unspecified atom stereocenters. The normalized spacial score (nSPS) is 10.2. The van der Waals surface area contributed by atoms with Gasteiger partial charge in [0.25, 0.3) is 5.91 Å². The van der Waals surface area contributed by atoms with Gasteiger partial charge < -0.3 is 4.74 Å². The molecule has 74 valence electrons. The van der Waals surface area contributed by atoms with Crippen LogP contribution in [-0.2, 0) is 9.53 Å². The van der Waals surface area contributed by atoms with Gasteiger partial charge >= 0.3 is 0 Å². The fourth-order valence-corrected chi connectivity index (χ4v) is 0.642. The highest BCUT2D eigenvalue weighted by Gasteiger charge is 2.02. The van der Waals surface area contributed by atoms with Crippen LogP contribution in [0.3, 0.4) is 0 Å². The zero-order chi connectivity index (χ0) is 10.1. The lowest BCUT2D eigenvalue weighted by molar-refractivity contribution is -0.530. The molecule has 0 radical (unpaired) electrons. The van der Waals surface area contributed by atoms with Gasteiger partial charge in [0.1, 0.15) is 0 Å². The lowest BCUT2D eigenvalue weighted by Crippen LogP contribution is -2.28. The zero-order valence-electron chi connectivity index (χ0n) is 7.36. The summed E-state index contributed by atoms with van der Waals surface area (Å²) in [5.41, 5.74) is 1.53. The van der Waals surface area contributed by atoms with Crippen LogP contribution in [0.15, 0.2) is 12.2 Å². The minimum atomic E-state index is -0.870. The minimum absolute atomic E-state index is 0.0185. The third kappa shape index (κ3) is 8.48. The second-order valence-corrected chi connectivity index (χ2v) is 2.25. The Morgan fingerprint density at radius 2 is 2.31 bits per heavy atom. The molecule has 0 rings (SSSR count). The van der Waals surface area contributed by atoms with E-state index in [1.165, 1.54) is 5.43 Å². The lowest BCUT2D eigenvalue weighted by atomic mass is 10.3. The molecule has 0 atom stereocenters. The van der Waals surface area contributed by atoms with Crippen molar-refractivity contribution in [3.63, 3.8) is 0 Å². The Kier molecular flexibility index (Phi) is 6.44. The molecule has 0 heterocycles. The van der Waals surface area contributed by atoms with E-state index in [4.69, 9.17) is 4.74 Å². The second-order valence-electron chi connectivity index (χ2n) is 2.25. The van der Waals surface area contributed by atoms with E-state index in [0.29, 0.717) is 13.0 Å². The molecule has 13 heavy (non-hydrogen) atoms. The summed E-state index contributed by atoms with van der Waals surface area (Å²) in [5.74, 6) is -0.626. The summed E-state index contributed by atoms with van der Waals surface area (Å²) in [6.07, 6.45) is 4.02. The fourth-order valence-electron chi connectivity index (χ4n) is 0.642.